The fourth-order valence-electron chi connectivity index (χ4n) is 3.14. The Morgan fingerprint density at radius 1 is 1.00 bits per heavy atom. The van der Waals surface area contributed by atoms with Crippen LogP contribution in [0.4, 0.5) is 8.78 Å². The molecule has 1 aliphatic carbocycles. The first kappa shape index (κ1) is 20.2. The molecule has 0 amide bonds. The molecule has 2 aromatic carbocycles. The molecule has 3 rings (SSSR count). The van der Waals surface area contributed by atoms with E-state index in [4.69, 9.17) is 4.74 Å². The summed E-state index contributed by atoms with van der Waals surface area (Å²) in [6.45, 7) is 2.72. The largest absolute Gasteiger partial charge is 1.00 e. The number of benzene rings is 2. The summed E-state index contributed by atoms with van der Waals surface area (Å²) in [7, 11) is 0. The van der Waals surface area contributed by atoms with E-state index in [2.05, 4.69) is 13.0 Å². The van der Waals surface area contributed by atoms with Crippen LogP contribution in [-0.4, -0.2) is 6.61 Å². The van der Waals surface area contributed by atoms with Crippen LogP contribution in [0.5, 0.6) is 5.75 Å². The molecule has 0 aromatic heterocycles. The summed E-state index contributed by atoms with van der Waals surface area (Å²) in [5.74, 6) is -0.543. The molecule has 1 fully saturated rings. The third-order valence-corrected chi connectivity index (χ3v) is 4.69. The van der Waals surface area contributed by atoms with E-state index in [0.717, 1.165) is 18.8 Å². The standard InChI is InChI=1S/C20H21F2O.Rb/c1-14-7-9-15(10-8-14)13-23-18-12-11-17(19(21)20(18)22)16-5-3-2-4-6-16;/h3-6,11-12,14-15H,7-10,13H2,1H3;/q-1;+1. The van der Waals surface area contributed by atoms with Crippen LogP contribution in [-0.2, 0) is 0 Å². The van der Waals surface area contributed by atoms with Crippen molar-refractivity contribution in [3.05, 3.63) is 54.1 Å². The summed E-state index contributed by atoms with van der Waals surface area (Å²) in [5, 5.41) is 0. The van der Waals surface area contributed by atoms with Crippen LogP contribution in [0.25, 0.3) is 11.1 Å². The predicted molar refractivity (Wildman–Crippen MR) is 87.2 cm³/mol. The topological polar surface area (TPSA) is 9.23 Å². The predicted octanol–water partition coefficient (Wildman–Crippen LogP) is 2.64. The molecular formula is C20H21F2ORb. The fourth-order valence-corrected chi connectivity index (χ4v) is 3.14. The van der Waals surface area contributed by atoms with Crippen molar-refractivity contribution < 1.29 is 71.7 Å². The van der Waals surface area contributed by atoms with E-state index < -0.39 is 11.6 Å². The Hall–Kier alpha value is -0.0948. The Balaban J connectivity index is 0.00000208. The van der Waals surface area contributed by atoms with E-state index in [1.54, 1.807) is 30.3 Å². The average Bonchev–Trinajstić information content (AvgIpc) is 2.58. The zero-order chi connectivity index (χ0) is 16.2. The monoisotopic (exact) mass is 400 g/mol. The number of hydrogen-bond donors (Lipinski definition) is 0. The van der Waals surface area contributed by atoms with Crippen molar-refractivity contribution in [1.82, 2.24) is 0 Å². The second kappa shape index (κ2) is 9.56. The fraction of sp³-hybridized carbons (Fsp3) is 0.400. The summed E-state index contributed by atoms with van der Waals surface area (Å²) in [6.07, 6.45) is 4.58. The van der Waals surface area contributed by atoms with Gasteiger partial charge < -0.3 is 4.74 Å². The SMILES string of the molecule is CC1CCC(COc2ccc(-c3cc[c-]cc3)c(F)c2F)CC1.[Rb+]. The molecule has 122 valence electrons. The van der Waals surface area contributed by atoms with E-state index in [1.807, 2.05) is 0 Å². The normalized spacial score (nSPS) is 20.3. The quantitative estimate of drug-likeness (QED) is 0.717. The average molecular weight is 401 g/mol. The Morgan fingerprint density at radius 3 is 2.33 bits per heavy atom. The molecule has 1 nitrogen and oxygen atoms in total. The Bertz CT molecular complexity index is 652. The van der Waals surface area contributed by atoms with Crippen molar-refractivity contribution in [2.24, 2.45) is 11.8 Å². The van der Waals surface area contributed by atoms with Crippen molar-refractivity contribution in [2.75, 3.05) is 6.61 Å². The van der Waals surface area contributed by atoms with Gasteiger partial charge in [-0.3, -0.25) is 0 Å². The zero-order valence-corrected chi connectivity index (χ0v) is 19.2. The van der Waals surface area contributed by atoms with E-state index in [-0.39, 0.29) is 69.5 Å². The first-order chi connectivity index (χ1) is 11.1. The Labute approximate surface area is 191 Å². The van der Waals surface area contributed by atoms with Gasteiger partial charge in [0, 0.05) is 0 Å². The molecule has 1 saturated carbocycles. The molecule has 0 unspecified atom stereocenters. The van der Waals surface area contributed by atoms with Gasteiger partial charge in [0.25, 0.3) is 0 Å². The van der Waals surface area contributed by atoms with Gasteiger partial charge in [0.2, 0.25) is 5.82 Å². The van der Waals surface area contributed by atoms with Crippen LogP contribution in [0.2, 0.25) is 0 Å². The van der Waals surface area contributed by atoms with Crippen LogP contribution in [0, 0.1) is 29.5 Å². The van der Waals surface area contributed by atoms with Crippen molar-refractivity contribution in [2.45, 2.75) is 32.6 Å². The van der Waals surface area contributed by atoms with Crippen LogP contribution in [0.1, 0.15) is 32.6 Å². The van der Waals surface area contributed by atoms with Gasteiger partial charge in [-0.05, 0) is 42.4 Å². The van der Waals surface area contributed by atoms with Crippen molar-refractivity contribution in [1.29, 1.82) is 0 Å². The van der Waals surface area contributed by atoms with E-state index in [1.165, 1.54) is 18.9 Å². The summed E-state index contributed by atoms with van der Waals surface area (Å²) < 4.78 is 34.1. The number of hydrogen-bond acceptors (Lipinski definition) is 1. The maximum Gasteiger partial charge on any atom is 1.00 e. The molecule has 2 aromatic rings. The third-order valence-electron chi connectivity index (χ3n) is 4.69. The molecule has 0 saturated heterocycles. The van der Waals surface area contributed by atoms with Gasteiger partial charge in [0.1, 0.15) is 0 Å². The Morgan fingerprint density at radius 2 is 1.67 bits per heavy atom. The molecule has 24 heavy (non-hydrogen) atoms. The maximum absolute atomic E-state index is 14.3. The summed E-state index contributed by atoms with van der Waals surface area (Å²) in [5.41, 5.74) is 0.878. The van der Waals surface area contributed by atoms with Crippen molar-refractivity contribution in [3.63, 3.8) is 0 Å². The zero-order valence-electron chi connectivity index (χ0n) is 14.3. The molecule has 0 radical (unpaired) electrons. The molecule has 0 spiro atoms. The third kappa shape index (κ3) is 4.97. The van der Waals surface area contributed by atoms with Gasteiger partial charge in [-0.15, -0.1) is 5.56 Å². The van der Waals surface area contributed by atoms with E-state index >= 15 is 0 Å². The minimum atomic E-state index is -0.903. The number of rotatable bonds is 4. The van der Waals surface area contributed by atoms with E-state index in [9.17, 15) is 8.78 Å². The second-order valence-corrected chi connectivity index (χ2v) is 6.46. The molecule has 4 heteroatoms. The molecule has 0 N–H and O–H groups in total. The molecule has 0 aliphatic heterocycles. The summed E-state index contributed by atoms with van der Waals surface area (Å²) >= 11 is 0. The second-order valence-electron chi connectivity index (χ2n) is 6.46. The van der Waals surface area contributed by atoms with Gasteiger partial charge in [-0.25, -0.2) is 4.39 Å². The van der Waals surface area contributed by atoms with Gasteiger partial charge in [-0.2, -0.15) is 34.7 Å². The first-order valence-corrected chi connectivity index (χ1v) is 8.22. The number of halogens is 2. The minimum absolute atomic E-state index is 0. The maximum atomic E-state index is 14.3. The van der Waals surface area contributed by atoms with Crippen LogP contribution >= 0.6 is 0 Å². The van der Waals surface area contributed by atoms with Gasteiger partial charge in [0.05, 0.1) is 6.61 Å². The molecule has 0 heterocycles. The molecule has 1 aliphatic rings. The van der Waals surface area contributed by atoms with Crippen LogP contribution in [0.3, 0.4) is 0 Å². The summed E-state index contributed by atoms with van der Waals surface area (Å²) in [6, 6.07) is 12.7. The molecule has 0 atom stereocenters. The molecular weight excluding hydrogens is 380 g/mol. The first-order valence-electron chi connectivity index (χ1n) is 8.22. The van der Waals surface area contributed by atoms with Crippen LogP contribution < -0.4 is 62.9 Å². The van der Waals surface area contributed by atoms with Gasteiger partial charge in [0.15, 0.2) is 11.6 Å². The number of ether oxygens (including phenoxy) is 1. The van der Waals surface area contributed by atoms with Crippen molar-refractivity contribution >= 4 is 0 Å². The minimum Gasteiger partial charge on any atom is -0.490 e. The molecule has 0 bridgehead atoms. The van der Waals surface area contributed by atoms with Crippen molar-refractivity contribution in [3.8, 4) is 16.9 Å². The summed E-state index contributed by atoms with van der Waals surface area (Å²) in [4.78, 5) is 0. The smallest absolute Gasteiger partial charge is 0.490 e. The van der Waals surface area contributed by atoms with Gasteiger partial charge in [-0.1, -0.05) is 19.8 Å². The Kier molecular flexibility index (Phi) is 8.05. The van der Waals surface area contributed by atoms with Gasteiger partial charge >= 0.3 is 58.2 Å². The van der Waals surface area contributed by atoms with E-state index in [0.29, 0.717) is 18.1 Å². The van der Waals surface area contributed by atoms with Crippen LogP contribution in [0.15, 0.2) is 36.4 Å².